The van der Waals surface area contributed by atoms with Gasteiger partial charge in [-0.2, -0.15) is 0 Å². The van der Waals surface area contributed by atoms with Gasteiger partial charge in [-0.1, -0.05) is 34.1 Å². The van der Waals surface area contributed by atoms with E-state index in [2.05, 4.69) is 41.5 Å². The van der Waals surface area contributed by atoms with Crippen molar-refractivity contribution in [2.24, 2.45) is 57.2 Å². The van der Waals surface area contributed by atoms with Gasteiger partial charge in [0.2, 0.25) is 0 Å². The molecule has 5 aliphatic rings. The zero-order valence-corrected chi connectivity index (χ0v) is 21.3. The third-order valence-corrected chi connectivity index (χ3v) is 11.5. The average Bonchev–Trinajstić information content (AvgIpc) is 3.27. The summed E-state index contributed by atoms with van der Waals surface area (Å²) >= 11 is 0. The number of hydrogen-bond acceptors (Lipinski definition) is 4. The van der Waals surface area contributed by atoms with Crippen LogP contribution in [-0.2, 0) is 4.74 Å². The minimum Gasteiger partial charge on any atom is -0.478 e. The molecule has 2 N–H and O–H groups in total. The summed E-state index contributed by atoms with van der Waals surface area (Å²) < 4.78 is 6.21. The third-order valence-electron chi connectivity index (χ3n) is 11.5. The first-order valence-electron chi connectivity index (χ1n) is 13.6. The number of aliphatic imine (C=N–C) groups is 1. The molecule has 0 spiro atoms. The Balaban J connectivity index is 1.51. The van der Waals surface area contributed by atoms with E-state index < -0.39 is 0 Å². The van der Waals surface area contributed by atoms with Gasteiger partial charge in [0.15, 0.2) is 5.90 Å². The summed E-state index contributed by atoms with van der Waals surface area (Å²) in [5.74, 6) is 4.66. The lowest BCUT2D eigenvalue weighted by atomic mass is 9.41. The predicted octanol–water partition coefficient (Wildman–Crippen LogP) is 5.46. The zero-order chi connectivity index (χ0) is 23.1. The molecule has 182 valence electrons. The first-order valence-corrected chi connectivity index (χ1v) is 13.6. The minimum atomic E-state index is -0.366. The lowest BCUT2D eigenvalue weighted by Gasteiger charge is -2.64. The van der Waals surface area contributed by atoms with Crippen LogP contribution in [0.5, 0.6) is 0 Å². The van der Waals surface area contributed by atoms with Crippen molar-refractivity contribution in [2.45, 2.75) is 111 Å². The summed E-state index contributed by atoms with van der Waals surface area (Å²) in [6.07, 6.45) is 8.25. The van der Waals surface area contributed by atoms with Crippen LogP contribution in [0.25, 0.3) is 0 Å². The number of ether oxygens (including phenoxy) is 1. The summed E-state index contributed by atoms with van der Waals surface area (Å²) in [4.78, 5) is 5.01. The molecule has 0 bridgehead atoms. The number of aliphatic hydroxyl groups is 2. The second-order valence-corrected chi connectivity index (χ2v) is 13.5. The fraction of sp³-hybridized carbons (Fsp3) is 0.964. The van der Waals surface area contributed by atoms with E-state index in [1.54, 1.807) is 0 Å². The molecule has 0 aromatic rings. The van der Waals surface area contributed by atoms with Gasteiger partial charge in [-0.15, -0.1) is 0 Å². The molecule has 1 aliphatic heterocycles. The zero-order valence-electron chi connectivity index (χ0n) is 21.3. The molecule has 11 atom stereocenters. The first-order chi connectivity index (χ1) is 15.0. The van der Waals surface area contributed by atoms with Crippen molar-refractivity contribution in [1.29, 1.82) is 0 Å². The summed E-state index contributed by atoms with van der Waals surface area (Å²) in [6, 6.07) is 0. The van der Waals surface area contributed by atoms with Crippen LogP contribution >= 0.6 is 0 Å². The van der Waals surface area contributed by atoms with Crippen LogP contribution in [0, 0.1) is 52.3 Å². The molecule has 1 unspecified atom stereocenters. The summed E-state index contributed by atoms with van der Waals surface area (Å²) in [6.45, 7) is 14.7. The number of nitrogens with zero attached hydrogens (tertiary/aromatic N) is 1. The van der Waals surface area contributed by atoms with Crippen molar-refractivity contribution in [2.75, 3.05) is 6.61 Å². The summed E-state index contributed by atoms with van der Waals surface area (Å²) in [5, 5.41) is 22.4. The first kappa shape index (κ1) is 23.1. The highest BCUT2D eigenvalue weighted by Crippen LogP contribution is 2.69. The van der Waals surface area contributed by atoms with Gasteiger partial charge in [0.25, 0.3) is 0 Å². The quantitative estimate of drug-likeness (QED) is 0.607. The van der Waals surface area contributed by atoms with Crippen molar-refractivity contribution in [3.05, 3.63) is 0 Å². The Labute approximate surface area is 195 Å². The molecule has 4 fully saturated rings. The summed E-state index contributed by atoms with van der Waals surface area (Å²) in [7, 11) is 0. The molecule has 0 radical (unpaired) electrons. The predicted molar refractivity (Wildman–Crippen MR) is 128 cm³/mol. The SMILES string of the molecule is CC[C@@H](C)[C@H]1CC[C@H]2[C@@H]3C[C@H](O)[C@@H]4C[C@H](O)CC(C5=NC(C)(C)CO5)[C@]4(C)[C@H]3CC[C@]12C. The van der Waals surface area contributed by atoms with Crippen LogP contribution < -0.4 is 0 Å². The number of aliphatic hydroxyl groups excluding tert-OH is 2. The van der Waals surface area contributed by atoms with E-state index in [9.17, 15) is 10.2 Å². The van der Waals surface area contributed by atoms with Gasteiger partial charge in [0.05, 0.1) is 17.7 Å². The van der Waals surface area contributed by atoms with Gasteiger partial charge in [-0.3, -0.25) is 0 Å². The maximum atomic E-state index is 11.5. The standard InChI is InChI=1S/C28H47NO3/c1-7-16(2)19-8-9-20-18-14-24(31)22-12-17(30)13-23(25-29-26(3,4)15-32-25)28(22,6)21(18)10-11-27(19,20)5/h16-24,30-31H,7-15H2,1-6H3/t16-,17+,18+,19-,20+,21+,22+,23?,24+,27-,28-/m1/s1. The number of fused-ring (bicyclic) bond motifs is 5. The molecule has 32 heavy (non-hydrogen) atoms. The smallest absolute Gasteiger partial charge is 0.187 e. The van der Waals surface area contributed by atoms with E-state index in [-0.39, 0.29) is 35.0 Å². The molecule has 0 saturated heterocycles. The lowest BCUT2D eigenvalue weighted by molar-refractivity contribution is -0.186. The highest BCUT2D eigenvalue weighted by atomic mass is 16.5. The Morgan fingerprint density at radius 1 is 1.00 bits per heavy atom. The van der Waals surface area contributed by atoms with E-state index in [0.717, 1.165) is 42.9 Å². The Kier molecular flexibility index (Phi) is 5.57. The maximum absolute atomic E-state index is 11.5. The van der Waals surface area contributed by atoms with Gasteiger partial charge < -0.3 is 14.9 Å². The number of rotatable bonds is 3. The normalized spacial score (nSPS) is 52.9. The number of hydrogen-bond donors (Lipinski definition) is 2. The van der Waals surface area contributed by atoms with E-state index in [4.69, 9.17) is 9.73 Å². The van der Waals surface area contributed by atoms with E-state index in [1.807, 2.05) is 0 Å². The van der Waals surface area contributed by atoms with Crippen LogP contribution in [0.2, 0.25) is 0 Å². The fourth-order valence-corrected chi connectivity index (χ4v) is 9.78. The van der Waals surface area contributed by atoms with Gasteiger partial charge in [-0.25, -0.2) is 4.99 Å². The van der Waals surface area contributed by atoms with E-state index >= 15 is 0 Å². The molecule has 0 amide bonds. The largest absolute Gasteiger partial charge is 0.478 e. The van der Waals surface area contributed by atoms with Crippen molar-refractivity contribution < 1.29 is 14.9 Å². The van der Waals surface area contributed by atoms with Crippen LogP contribution in [0.3, 0.4) is 0 Å². The van der Waals surface area contributed by atoms with Crippen molar-refractivity contribution >= 4 is 5.90 Å². The summed E-state index contributed by atoms with van der Waals surface area (Å²) in [5.41, 5.74) is 0.194. The monoisotopic (exact) mass is 445 g/mol. The van der Waals surface area contributed by atoms with E-state index in [0.29, 0.717) is 23.9 Å². The van der Waals surface area contributed by atoms with Crippen LogP contribution in [0.1, 0.15) is 92.9 Å². The average molecular weight is 446 g/mol. The fourth-order valence-electron chi connectivity index (χ4n) is 9.78. The minimum absolute atomic E-state index is 0.0450. The Morgan fingerprint density at radius 2 is 1.75 bits per heavy atom. The van der Waals surface area contributed by atoms with Gasteiger partial charge in [-0.05, 0) is 105 Å². The molecule has 5 rings (SSSR count). The lowest BCUT2D eigenvalue weighted by Crippen LogP contribution is -2.62. The molecular weight excluding hydrogens is 398 g/mol. The Morgan fingerprint density at radius 3 is 2.41 bits per heavy atom. The van der Waals surface area contributed by atoms with Gasteiger partial charge >= 0.3 is 0 Å². The van der Waals surface area contributed by atoms with Crippen LogP contribution in [-0.4, -0.2) is 40.5 Å². The Hall–Kier alpha value is -0.610. The third kappa shape index (κ3) is 3.25. The second kappa shape index (κ2) is 7.70. The highest BCUT2D eigenvalue weighted by Gasteiger charge is 2.65. The van der Waals surface area contributed by atoms with Crippen LogP contribution in [0.15, 0.2) is 4.99 Å². The molecule has 4 heteroatoms. The Bertz CT molecular complexity index is 764. The van der Waals surface area contributed by atoms with Crippen LogP contribution in [0.4, 0.5) is 0 Å². The van der Waals surface area contributed by atoms with Crippen molar-refractivity contribution in [3.63, 3.8) is 0 Å². The molecule has 0 aromatic heterocycles. The van der Waals surface area contributed by atoms with Gasteiger partial charge in [0.1, 0.15) is 6.61 Å². The molecule has 4 nitrogen and oxygen atoms in total. The van der Waals surface area contributed by atoms with Crippen molar-refractivity contribution in [1.82, 2.24) is 0 Å². The molecule has 4 saturated carbocycles. The van der Waals surface area contributed by atoms with E-state index in [1.165, 1.54) is 32.1 Å². The topological polar surface area (TPSA) is 62.0 Å². The van der Waals surface area contributed by atoms with Gasteiger partial charge in [0, 0.05) is 5.92 Å². The highest BCUT2D eigenvalue weighted by molar-refractivity contribution is 5.82. The second-order valence-electron chi connectivity index (χ2n) is 13.5. The van der Waals surface area contributed by atoms with Crippen molar-refractivity contribution in [3.8, 4) is 0 Å². The molecule has 0 aromatic carbocycles. The molecule has 4 aliphatic carbocycles. The molecule has 1 heterocycles. The maximum Gasteiger partial charge on any atom is 0.187 e. The molecular formula is C28H47NO3.